The fourth-order valence-corrected chi connectivity index (χ4v) is 1.21. The highest BCUT2D eigenvalue weighted by atomic mass is 79.9. The first-order chi connectivity index (χ1) is 6.77. The molecule has 0 saturated carbocycles. The number of aliphatic hydroxyl groups is 1. The summed E-state index contributed by atoms with van der Waals surface area (Å²) >= 11 is 3.25. The molecule has 1 nitrogen and oxygen atoms in total. The zero-order valence-electron chi connectivity index (χ0n) is 7.56. The Morgan fingerprint density at radius 1 is 1.43 bits per heavy atom. The van der Waals surface area contributed by atoms with Crippen LogP contribution in [-0.2, 0) is 6.61 Å². The number of hydrogen-bond donors (Lipinski definition) is 1. The van der Waals surface area contributed by atoms with Gasteiger partial charge in [0, 0.05) is 17.3 Å². The Morgan fingerprint density at radius 2 is 2.21 bits per heavy atom. The van der Waals surface area contributed by atoms with E-state index in [1.165, 1.54) is 12.1 Å². The van der Waals surface area contributed by atoms with Crippen LogP contribution in [0.15, 0.2) is 18.2 Å². The van der Waals surface area contributed by atoms with Crippen molar-refractivity contribution in [2.45, 2.75) is 13.0 Å². The monoisotopic (exact) mass is 256 g/mol. The van der Waals surface area contributed by atoms with Crippen LogP contribution in [-0.4, -0.2) is 10.4 Å². The topological polar surface area (TPSA) is 20.2 Å². The summed E-state index contributed by atoms with van der Waals surface area (Å²) in [6.07, 6.45) is 0.710. The van der Waals surface area contributed by atoms with E-state index in [2.05, 4.69) is 27.8 Å². The molecule has 0 amide bonds. The van der Waals surface area contributed by atoms with Crippen molar-refractivity contribution in [2.75, 3.05) is 5.33 Å². The standard InChI is InChI=1S/C11H10BrFO/c12-6-2-1-3-9-7-11(13)5-4-10(9)8-14/h4-5,7,14H,2,6,8H2. The molecule has 1 N–H and O–H groups in total. The molecule has 14 heavy (non-hydrogen) atoms. The predicted octanol–water partition coefficient (Wildman–Crippen LogP) is 2.45. The van der Waals surface area contributed by atoms with Gasteiger partial charge in [0.2, 0.25) is 0 Å². The minimum absolute atomic E-state index is 0.112. The molecule has 0 aliphatic carbocycles. The molecule has 0 radical (unpaired) electrons. The van der Waals surface area contributed by atoms with Crippen molar-refractivity contribution in [1.82, 2.24) is 0 Å². The maximum absolute atomic E-state index is 12.8. The lowest BCUT2D eigenvalue weighted by Crippen LogP contribution is -1.90. The van der Waals surface area contributed by atoms with Crippen LogP contribution in [0.3, 0.4) is 0 Å². The first-order valence-electron chi connectivity index (χ1n) is 4.22. The van der Waals surface area contributed by atoms with Gasteiger partial charge in [-0.25, -0.2) is 4.39 Å². The first kappa shape index (κ1) is 11.2. The second-order valence-corrected chi connectivity index (χ2v) is 3.49. The zero-order chi connectivity index (χ0) is 10.4. The summed E-state index contributed by atoms with van der Waals surface area (Å²) in [7, 11) is 0. The minimum Gasteiger partial charge on any atom is -0.392 e. The second-order valence-electron chi connectivity index (χ2n) is 2.70. The molecule has 0 aliphatic rings. The molecule has 0 atom stereocenters. The van der Waals surface area contributed by atoms with E-state index in [-0.39, 0.29) is 12.4 Å². The van der Waals surface area contributed by atoms with Crippen molar-refractivity contribution in [3.63, 3.8) is 0 Å². The molecule has 74 valence electrons. The van der Waals surface area contributed by atoms with Crippen molar-refractivity contribution in [3.8, 4) is 11.8 Å². The normalized spacial score (nSPS) is 9.36. The molecular formula is C11H10BrFO. The Kier molecular flexibility index (Phi) is 4.64. The first-order valence-corrected chi connectivity index (χ1v) is 5.34. The summed E-state index contributed by atoms with van der Waals surface area (Å²) in [5, 5.41) is 9.76. The van der Waals surface area contributed by atoms with Crippen LogP contribution in [0, 0.1) is 17.7 Å². The van der Waals surface area contributed by atoms with E-state index in [9.17, 15) is 4.39 Å². The van der Waals surface area contributed by atoms with Gasteiger partial charge in [0.1, 0.15) is 5.82 Å². The molecule has 0 bridgehead atoms. The van der Waals surface area contributed by atoms with E-state index in [4.69, 9.17) is 5.11 Å². The summed E-state index contributed by atoms with van der Waals surface area (Å²) < 4.78 is 12.8. The minimum atomic E-state index is -0.328. The van der Waals surface area contributed by atoms with Crippen molar-refractivity contribution < 1.29 is 9.50 Å². The SMILES string of the molecule is OCc1ccc(F)cc1C#CCCBr. The van der Waals surface area contributed by atoms with E-state index in [0.717, 1.165) is 5.33 Å². The summed E-state index contributed by atoms with van der Waals surface area (Å²) in [5.74, 6) is 5.38. The number of hydrogen-bond acceptors (Lipinski definition) is 1. The van der Waals surface area contributed by atoms with Crippen LogP contribution >= 0.6 is 15.9 Å². The maximum atomic E-state index is 12.8. The largest absolute Gasteiger partial charge is 0.392 e. The van der Waals surface area contributed by atoms with Crippen LogP contribution in [0.5, 0.6) is 0 Å². The quantitative estimate of drug-likeness (QED) is 0.637. The Bertz CT molecular complexity index is 365. The summed E-state index contributed by atoms with van der Waals surface area (Å²) in [6.45, 7) is -0.112. The van der Waals surface area contributed by atoms with E-state index >= 15 is 0 Å². The Labute approximate surface area is 91.1 Å². The highest BCUT2D eigenvalue weighted by Crippen LogP contribution is 2.10. The van der Waals surface area contributed by atoms with Crippen LogP contribution in [0.2, 0.25) is 0 Å². The summed E-state index contributed by atoms with van der Waals surface area (Å²) in [4.78, 5) is 0. The molecule has 0 spiro atoms. The van der Waals surface area contributed by atoms with Gasteiger partial charge in [-0.1, -0.05) is 33.8 Å². The molecule has 0 fully saturated rings. The third kappa shape index (κ3) is 3.13. The highest BCUT2D eigenvalue weighted by molar-refractivity contribution is 9.09. The number of aliphatic hydroxyl groups excluding tert-OH is 1. The molecule has 0 saturated heterocycles. The van der Waals surface area contributed by atoms with E-state index in [1.54, 1.807) is 6.07 Å². The van der Waals surface area contributed by atoms with Crippen LogP contribution in [0.1, 0.15) is 17.5 Å². The molecule has 1 rings (SSSR count). The van der Waals surface area contributed by atoms with Gasteiger partial charge in [0.15, 0.2) is 0 Å². The van der Waals surface area contributed by atoms with E-state index in [1.807, 2.05) is 0 Å². The van der Waals surface area contributed by atoms with Crippen molar-refractivity contribution in [3.05, 3.63) is 35.1 Å². The second kappa shape index (κ2) is 5.79. The molecule has 3 heteroatoms. The lowest BCUT2D eigenvalue weighted by molar-refractivity contribution is 0.281. The lowest BCUT2D eigenvalue weighted by atomic mass is 10.1. The Balaban J connectivity index is 2.94. The van der Waals surface area contributed by atoms with Crippen LogP contribution in [0.4, 0.5) is 4.39 Å². The average molecular weight is 257 g/mol. The summed E-state index contributed by atoms with van der Waals surface area (Å²) in [6, 6.07) is 4.21. The van der Waals surface area contributed by atoms with Crippen LogP contribution < -0.4 is 0 Å². The third-order valence-electron chi connectivity index (χ3n) is 1.68. The van der Waals surface area contributed by atoms with Gasteiger partial charge in [-0.05, 0) is 17.7 Å². The lowest BCUT2D eigenvalue weighted by Gasteiger charge is -1.99. The van der Waals surface area contributed by atoms with Gasteiger partial charge in [-0.15, -0.1) is 0 Å². The molecule has 0 aromatic heterocycles. The fraction of sp³-hybridized carbons (Fsp3) is 0.273. The molecule has 1 aromatic carbocycles. The number of benzene rings is 1. The fourth-order valence-electron chi connectivity index (χ4n) is 1.01. The number of rotatable bonds is 2. The van der Waals surface area contributed by atoms with Gasteiger partial charge >= 0.3 is 0 Å². The summed E-state index contributed by atoms with van der Waals surface area (Å²) in [5.41, 5.74) is 1.22. The van der Waals surface area contributed by atoms with Crippen molar-refractivity contribution in [2.24, 2.45) is 0 Å². The predicted molar refractivity (Wildman–Crippen MR) is 57.6 cm³/mol. The molecule has 0 aliphatic heterocycles. The molecular weight excluding hydrogens is 247 g/mol. The highest BCUT2D eigenvalue weighted by Gasteiger charge is 1.99. The van der Waals surface area contributed by atoms with E-state index in [0.29, 0.717) is 17.5 Å². The average Bonchev–Trinajstić information content (AvgIpc) is 2.19. The Morgan fingerprint density at radius 3 is 2.86 bits per heavy atom. The zero-order valence-corrected chi connectivity index (χ0v) is 9.14. The smallest absolute Gasteiger partial charge is 0.124 e. The maximum Gasteiger partial charge on any atom is 0.124 e. The Hall–Kier alpha value is -0.850. The number of alkyl halides is 1. The van der Waals surface area contributed by atoms with Gasteiger partial charge in [-0.2, -0.15) is 0 Å². The molecule has 0 heterocycles. The molecule has 1 aromatic rings. The molecule has 0 unspecified atom stereocenters. The van der Waals surface area contributed by atoms with Gasteiger partial charge in [0.25, 0.3) is 0 Å². The van der Waals surface area contributed by atoms with Gasteiger partial charge in [-0.3, -0.25) is 0 Å². The van der Waals surface area contributed by atoms with Crippen LogP contribution in [0.25, 0.3) is 0 Å². The third-order valence-corrected chi connectivity index (χ3v) is 2.08. The number of halogens is 2. The van der Waals surface area contributed by atoms with Crippen molar-refractivity contribution in [1.29, 1.82) is 0 Å². The van der Waals surface area contributed by atoms with Gasteiger partial charge in [0.05, 0.1) is 6.61 Å². The van der Waals surface area contributed by atoms with E-state index < -0.39 is 0 Å². The van der Waals surface area contributed by atoms with Gasteiger partial charge < -0.3 is 5.11 Å². The van der Waals surface area contributed by atoms with Crippen molar-refractivity contribution >= 4 is 15.9 Å².